The van der Waals surface area contributed by atoms with Crippen molar-refractivity contribution in [1.82, 2.24) is 9.80 Å². The van der Waals surface area contributed by atoms with Crippen molar-refractivity contribution >= 4 is 5.57 Å². The van der Waals surface area contributed by atoms with Gasteiger partial charge in [0.05, 0.1) is 0 Å². The molecule has 2 nitrogen and oxygen atoms in total. The second kappa shape index (κ2) is 15.9. The van der Waals surface area contributed by atoms with Crippen LogP contribution in [-0.4, -0.2) is 40.0 Å². The van der Waals surface area contributed by atoms with Crippen LogP contribution in [0.2, 0.25) is 0 Å². The molecule has 1 aromatic rings. The molecule has 2 heterocycles. The van der Waals surface area contributed by atoms with Gasteiger partial charge in [-0.1, -0.05) is 92.1 Å². The fourth-order valence-electron chi connectivity index (χ4n) is 15.1. The first-order chi connectivity index (χ1) is 27.8. The molecule has 298 valence electrons. The highest BCUT2D eigenvalue weighted by Gasteiger charge is 2.50. The normalized spacial score (nSPS) is 40.9. The van der Waals surface area contributed by atoms with Crippen molar-refractivity contribution in [3.8, 4) is 0 Å². The summed E-state index contributed by atoms with van der Waals surface area (Å²) in [7, 11) is 0. The third-order valence-corrected chi connectivity index (χ3v) is 17.7. The lowest BCUT2D eigenvalue weighted by atomic mass is 9.74. The Morgan fingerprint density at radius 3 is 2.14 bits per heavy atom. The highest BCUT2D eigenvalue weighted by Crippen LogP contribution is 2.52. The molecule has 1 saturated heterocycles. The Balaban J connectivity index is 0.919. The number of fused-ring (bicyclic) bond motifs is 5. The van der Waals surface area contributed by atoms with E-state index in [9.17, 15) is 0 Å². The molecular formula is C54H72N2. The summed E-state index contributed by atoms with van der Waals surface area (Å²) in [6.45, 7) is 0. The van der Waals surface area contributed by atoms with Crippen LogP contribution < -0.4 is 0 Å². The van der Waals surface area contributed by atoms with Crippen molar-refractivity contribution in [2.75, 3.05) is 0 Å². The van der Waals surface area contributed by atoms with Crippen molar-refractivity contribution in [2.24, 2.45) is 29.6 Å². The topological polar surface area (TPSA) is 6.48 Å². The van der Waals surface area contributed by atoms with Crippen LogP contribution in [0, 0.1) is 29.6 Å². The van der Waals surface area contributed by atoms with Crippen LogP contribution in [0.3, 0.4) is 0 Å². The summed E-state index contributed by atoms with van der Waals surface area (Å²) >= 11 is 0. The molecule has 10 aliphatic rings. The maximum absolute atomic E-state index is 3.13. The van der Waals surface area contributed by atoms with E-state index in [4.69, 9.17) is 0 Å². The van der Waals surface area contributed by atoms with Crippen molar-refractivity contribution in [2.45, 2.75) is 196 Å². The van der Waals surface area contributed by atoms with Gasteiger partial charge in [0.1, 0.15) is 0 Å². The molecule has 0 spiro atoms. The molecule has 0 bridgehead atoms. The molecule has 1 aromatic carbocycles. The lowest BCUT2D eigenvalue weighted by molar-refractivity contribution is 0.107. The van der Waals surface area contributed by atoms with E-state index >= 15 is 0 Å². The number of benzene rings is 1. The van der Waals surface area contributed by atoms with E-state index in [1.807, 2.05) is 11.3 Å². The predicted octanol–water partition coefficient (Wildman–Crippen LogP) is 13.7. The fourth-order valence-corrected chi connectivity index (χ4v) is 15.1. The van der Waals surface area contributed by atoms with E-state index < -0.39 is 0 Å². The lowest BCUT2D eigenvalue weighted by Gasteiger charge is -2.44. The molecule has 12 unspecified atom stereocenters. The highest BCUT2D eigenvalue weighted by molar-refractivity contribution is 5.69. The Labute approximate surface area is 340 Å². The lowest BCUT2D eigenvalue weighted by Crippen LogP contribution is -2.46. The first-order valence-corrected chi connectivity index (χ1v) is 24.6. The third kappa shape index (κ3) is 6.72. The van der Waals surface area contributed by atoms with Gasteiger partial charge in [0.15, 0.2) is 0 Å². The van der Waals surface area contributed by atoms with Gasteiger partial charge in [0, 0.05) is 59.6 Å². The van der Waals surface area contributed by atoms with Gasteiger partial charge < -0.3 is 4.90 Å². The van der Waals surface area contributed by atoms with Crippen molar-refractivity contribution < 1.29 is 0 Å². The molecule has 12 atom stereocenters. The number of likely N-dealkylation sites (tertiary alicyclic amines) is 1. The number of allylic oxidation sites excluding steroid dienone is 8. The van der Waals surface area contributed by atoms with Crippen molar-refractivity contribution in [1.29, 1.82) is 0 Å². The number of rotatable bonds is 6. The first-order valence-electron chi connectivity index (χ1n) is 24.6. The smallest absolute Gasteiger partial charge is 0.0356 e. The minimum absolute atomic E-state index is 0.566. The second-order valence-electron chi connectivity index (χ2n) is 20.6. The molecule has 0 amide bonds. The standard InChI is InChI=1S/C54H72N2/c1-2-14-37(15-3-1)38-28-30-39(31-29-38)42-32-43(40-16-12-18-45(35-40)55-51-24-8-4-20-47(51)48-21-5-9-25-52(48)55)34-44(33-42)41-17-13-19-46(36-41)56-53-26-10-6-22-49(53)50-23-7-11-27-54(50)56/h2,4-5,14,20-21,28,30,32-35,37-39,41,45-49,51-53H,1,3,6-13,15-19,22-27,29,31,36H2. The Morgan fingerprint density at radius 1 is 0.518 bits per heavy atom. The first kappa shape index (κ1) is 36.5. The Kier molecular flexibility index (Phi) is 10.3. The van der Waals surface area contributed by atoms with E-state index in [2.05, 4.69) is 82.7 Å². The Bertz CT molecular complexity index is 1760. The zero-order valence-electron chi connectivity index (χ0n) is 34.7. The maximum atomic E-state index is 3.13. The van der Waals surface area contributed by atoms with Crippen molar-refractivity contribution in [3.05, 3.63) is 101 Å². The van der Waals surface area contributed by atoms with Gasteiger partial charge in [-0.15, -0.1) is 0 Å². The van der Waals surface area contributed by atoms with Crippen LogP contribution >= 0.6 is 0 Å². The minimum Gasteiger partial charge on any atom is -0.368 e. The molecule has 56 heavy (non-hydrogen) atoms. The fraction of sp³-hybridized carbons (Fsp3) is 0.667. The summed E-state index contributed by atoms with van der Waals surface area (Å²) in [5, 5.41) is 0. The zero-order valence-corrected chi connectivity index (χ0v) is 34.7. The van der Waals surface area contributed by atoms with E-state index in [1.165, 1.54) is 154 Å². The summed E-state index contributed by atoms with van der Waals surface area (Å²) in [6.07, 6.45) is 56.4. The molecule has 0 radical (unpaired) electrons. The average molecular weight is 749 g/mol. The second-order valence-corrected chi connectivity index (χ2v) is 20.6. The van der Waals surface area contributed by atoms with Gasteiger partial charge in [-0.05, 0) is 180 Å². The SMILES string of the molecule is C1=CC(C2C=CC(c3cc(C4=CC(N5C6CCC=CC6C6C=CCCC65)CCC4)cc(C4CCCC(N5C6=C(CCCC6)C6CCCCC65)C4)c3)CC2)CCC1. The van der Waals surface area contributed by atoms with E-state index in [0.29, 0.717) is 17.9 Å². The van der Waals surface area contributed by atoms with Gasteiger partial charge in [0.2, 0.25) is 0 Å². The summed E-state index contributed by atoms with van der Waals surface area (Å²) in [4.78, 5) is 6.22. The maximum Gasteiger partial charge on any atom is 0.0356 e. The summed E-state index contributed by atoms with van der Waals surface area (Å²) in [6, 6.07) is 11.9. The van der Waals surface area contributed by atoms with E-state index in [0.717, 1.165) is 53.8 Å². The Morgan fingerprint density at radius 2 is 1.32 bits per heavy atom. The molecule has 2 heteroatoms. The minimum atomic E-state index is 0.566. The average Bonchev–Trinajstić information content (AvgIpc) is 3.80. The van der Waals surface area contributed by atoms with Gasteiger partial charge in [-0.3, -0.25) is 4.90 Å². The van der Waals surface area contributed by atoms with E-state index in [1.54, 1.807) is 22.3 Å². The molecule has 2 aliphatic heterocycles. The van der Waals surface area contributed by atoms with Crippen LogP contribution in [0.5, 0.6) is 0 Å². The van der Waals surface area contributed by atoms with Gasteiger partial charge >= 0.3 is 0 Å². The van der Waals surface area contributed by atoms with E-state index in [-0.39, 0.29) is 0 Å². The molecular weight excluding hydrogens is 677 g/mol. The van der Waals surface area contributed by atoms with Gasteiger partial charge in [-0.25, -0.2) is 0 Å². The summed E-state index contributed by atoms with van der Waals surface area (Å²) < 4.78 is 0. The molecule has 3 fully saturated rings. The van der Waals surface area contributed by atoms with Crippen LogP contribution in [0.4, 0.5) is 0 Å². The van der Waals surface area contributed by atoms with Gasteiger partial charge in [-0.2, -0.15) is 0 Å². The Hall–Kier alpha value is -2.58. The monoisotopic (exact) mass is 749 g/mol. The summed E-state index contributed by atoms with van der Waals surface area (Å²) in [5.74, 6) is 5.11. The largest absolute Gasteiger partial charge is 0.368 e. The van der Waals surface area contributed by atoms with Crippen LogP contribution in [-0.2, 0) is 0 Å². The van der Waals surface area contributed by atoms with Crippen molar-refractivity contribution in [3.63, 3.8) is 0 Å². The molecule has 11 rings (SSSR count). The highest BCUT2D eigenvalue weighted by atomic mass is 15.3. The molecule has 8 aliphatic carbocycles. The number of hydrogen-bond acceptors (Lipinski definition) is 2. The molecule has 2 saturated carbocycles. The number of hydrogen-bond donors (Lipinski definition) is 0. The zero-order chi connectivity index (χ0) is 37.0. The number of nitrogens with zero attached hydrogens (tertiary/aromatic N) is 2. The summed E-state index contributed by atoms with van der Waals surface area (Å²) in [5.41, 5.74) is 10.4. The van der Waals surface area contributed by atoms with Gasteiger partial charge in [0.25, 0.3) is 0 Å². The third-order valence-electron chi connectivity index (χ3n) is 17.7. The predicted molar refractivity (Wildman–Crippen MR) is 234 cm³/mol. The molecule has 0 N–H and O–H groups in total. The quantitative estimate of drug-likeness (QED) is 0.267. The van der Waals surface area contributed by atoms with Crippen LogP contribution in [0.25, 0.3) is 5.57 Å². The van der Waals surface area contributed by atoms with Crippen LogP contribution in [0.15, 0.2) is 84.2 Å². The van der Waals surface area contributed by atoms with Crippen LogP contribution in [0.1, 0.15) is 183 Å². The molecule has 0 aromatic heterocycles.